The average Bonchev–Trinajstić information content (AvgIpc) is 2.84. The zero-order chi connectivity index (χ0) is 9.73. The number of allylic oxidation sites excluding steroid dienone is 2. The predicted molar refractivity (Wildman–Crippen MR) is 60.1 cm³/mol. The van der Waals surface area contributed by atoms with Crippen LogP contribution in [0.25, 0.3) is 0 Å². The second-order valence-corrected chi connectivity index (χ2v) is 7.13. The summed E-state index contributed by atoms with van der Waals surface area (Å²) in [6.07, 6.45) is 9.87. The van der Waals surface area contributed by atoms with Gasteiger partial charge >= 0.3 is 0 Å². The molecule has 15 heavy (non-hydrogen) atoms. The molecule has 0 amide bonds. The smallest absolute Gasteiger partial charge is 0.0194 e. The van der Waals surface area contributed by atoms with Gasteiger partial charge < -0.3 is 0 Å². The van der Waals surface area contributed by atoms with E-state index >= 15 is 0 Å². The van der Waals surface area contributed by atoms with Gasteiger partial charge in [0.15, 0.2) is 0 Å². The molecule has 0 spiro atoms. The Bertz CT molecular complexity index is 355. The maximum atomic E-state index is 2.57. The van der Waals surface area contributed by atoms with Gasteiger partial charge in [-0.3, -0.25) is 0 Å². The van der Waals surface area contributed by atoms with Crippen molar-refractivity contribution in [2.45, 2.75) is 26.2 Å². The lowest BCUT2D eigenvalue weighted by Crippen LogP contribution is -2.52. The third-order valence-electron chi connectivity index (χ3n) is 6.94. The predicted octanol–water partition coefficient (Wildman–Crippen LogP) is 3.35. The van der Waals surface area contributed by atoms with E-state index < -0.39 is 0 Å². The number of fused-ring (bicyclic) bond motifs is 12. The molecule has 0 nitrogen and oxygen atoms in total. The molecule has 5 aliphatic rings. The van der Waals surface area contributed by atoms with Gasteiger partial charge in [0.05, 0.1) is 0 Å². The number of hydrogen-bond donors (Lipinski definition) is 0. The van der Waals surface area contributed by atoms with E-state index in [4.69, 9.17) is 0 Å². The van der Waals surface area contributed by atoms with E-state index in [0.29, 0.717) is 0 Å². The van der Waals surface area contributed by atoms with Crippen LogP contribution in [-0.4, -0.2) is 0 Å². The molecule has 80 valence electrons. The fourth-order valence-electron chi connectivity index (χ4n) is 6.73. The Morgan fingerprint density at radius 1 is 0.800 bits per heavy atom. The van der Waals surface area contributed by atoms with Gasteiger partial charge in [0.2, 0.25) is 0 Å². The normalized spacial score (nSPS) is 71.9. The Morgan fingerprint density at radius 2 is 1.53 bits per heavy atom. The minimum absolute atomic E-state index is 1.02. The summed E-state index contributed by atoms with van der Waals surface area (Å²) >= 11 is 0. The number of rotatable bonds is 0. The molecule has 9 unspecified atom stereocenters. The van der Waals surface area contributed by atoms with Crippen LogP contribution < -0.4 is 0 Å². The minimum Gasteiger partial charge on any atom is -0.0848 e. The first-order valence-corrected chi connectivity index (χ1v) is 7.03. The Labute approximate surface area is 92.1 Å². The molecule has 0 N–H and O–H groups in total. The van der Waals surface area contributed by atoms with Crippen LogP contribution in [0.15, 0.2) is 12.2 Å². The molecular weight excluding hydrogens is 180 g/mol. The first-order chi connectivity index (χ1) is 7.34. The van der Waals surface area contributed by atoms with E-state index in [1.54, 1.807) is 12.8 Å². The highest BCUT2D eigenvalue weighted by Crippen LogP contribution is 2.75. The summed E-state index contributed by atoms with van der Waals surface area (Å²) in [5.41, 5.74) is 0. The molecule has 0 saturated heterocycles. The molecule has 5 aliphatic carbocycles. The second kappa shape index (κ2) is 2.21. The van der Waals surface area contributed by atoms with Gasteiger partial charge in [0.1, 0.15) is 0 Å². The van der Waals surface area contributed by atoms with Crippen molar-refractivity contribution in [3.63, 3.8) is 0 Å². The molecule has 0 aromatic rings. The van der Waals surface area contributed by atoms with Crippen LogP contribution in [0.2, 0.25) is 0 Å². The van der Waals surface area contributed by atoms with Crippen LogP contribution in [0.5, 0.6) is 0 Å². The van der Waals surface area contributed by atoms with Crippen LogP contribution in [0, 0.1) is 53.3 Å². The topological polar surface area (TPSA) is 0 Å². The summed E-state index contributed by atoms with van der Waals surface area (Å²) in [4.78, 5) is 0. The van der Waals surface area contributed by atoms with Gasteiger partial charge in [-0.05, 0) is 72.5 Å². The van der Waals surface area contributed by atoms with E-state index in [9.17, 15) is 0 Å². The lowest BCUT2D eigenvalue weighted by atomic mass is 9.48. The van der Waals surface area contributed by atoms with Crippen molar-refractivity contribution >= 4 is 0 Å². The van der Waals surface area contributed by atoms with Gasteiger partial charge in [0.25, 0.3) is 0 Å². The molecule has 4 fully saturated rings. The minimum atomic E-state index is 1.02. The third kappa shape index (κ3) is 0.681. The third-order valence-corrected chi connectivity index (χ3v) is 6.94. The van der Waals surface area contributed by atoms with Gasteiger partial charge in [-0.25, -0.2) is 0 Å². The molecule has 0 aliphatic heterocycles. The fraction of sp³-hybridized carbons (Fsp3) is 0.867. The van der Waals surface area contributed by atoms with Crippen molar-refractivity contribution < 1.29 is 0 Å². The van der Waals surface area contributed by atoms with Crippen molar-refractivity contribution in [3.05, 3.63) is 12.2 Å². The first kappa shape index (κ1) is 7.92. The maximum absolute atomic E-state index is 2.57. The SMILES string of the molecule is CC1CC2CC1C1C3C4C=CC(C4)C3C21. The summed E-state index contributed by atoms with van der Waals surface area (Å²) in [6, 6.07) is 0. The average molecular weight is 200 g/mol. The summed E-state index contributed by atoms with van der Waals surface area (Å²) in [5, 5.41) is 0. The highest BCUT2D eigenvalue weighted by Gasteiger charge is 2.69. The maximum Gasteiger partial charge on any atom is -0.0194 e. The monoisotopic (exact) mass is 200 g/mol. The molecule has 0 aromatic carbocycles. The van der Waals surface area contributed by atoms with Crippen LogP contribution in [0.3, 0.4) is 0 Å². The van der Waals surface area contributed by atoms with Crippen molar-refractivity contribution in [1.82, 2.24) is 0 Å². The van der Waals surface area contributed by atoms with Gasteiger partial charge in [0, 0.05) is 0 Å². The van der Waals surface area contributed by atoms with Crippen molar-refractivity contribution in [2.24, 2.45) is 53.3 Å². The molecule has 0 heteroatoms. The molecule has 5 rings (SSSR count). The van der Waals surface area contributed by atoms with E-state index in [-0.39, 0.29) is 0 Å². The van der Waals surface area contributed by atoms with Crippen LogP contribution in [0.4, 0.5) is 0 Å². The lowest BCUT2D eigenvalue weighted by molar-refractivity contribution is -0.0804. The largest absolute Gasteiger partial charge is 0.0848 e. The number of hydrogen-bond acceptors (Lipinski definition) is 0. The molecule has 4 saturated carbocycles. The van der Waals surface area contributed by atoms with Crippen LogP contribution in [0.1, 0.15) is 26.2 Å². The van der Waals surface area contributed by atoms with E-state index in [2.05, 4.69) is 19.1 Å². The van der Waals surface area contributed by atoms with Gasteiger partial charge in [-0.1, -0.05) is 19.1 Å². The molecule has 0 radical (unpaired) electrons. The molecule has 9 atom stereocenters. The molecular formula is C15H20. The zero-order valence-corrected chi connectivity index (χ0v) is 9.47. The Kier molecular flexibility index (Phi) is 1.17. The summed E-state index contributed by atoms with van der Waals surface area (Å²) in [7, 11) is 0. The lowest BCUT2D eigenvalue weighted by Gasteiger charge is -2.56. The Morgan fingerprint density at radius 3 is 2.33 bits per heavy atom. The van der Waals surface area contributed by atoms with E-state index in [0.717, 1.165) is 41.4 Å². The quantitative estimate of drug-likeness (QED) is 0.526. The first-order valence-electron chi connectivity index (χ1n) is 7.03. The van der Waals surface area contributed by atoms with Crippen molar-refractivity contribution in [2.75, 3.05) is 0 Å². The van der Waals surface area contributed by atoms with Crippen molar-refractivity contribution in [3.8, 4) is 0 Å². The summed E-state index contributed by atoms with van der Waals surface area (Å²) in [5.74, 6) is 10.1. The summed E-state index contributed by atoms with van der Waals surface area (Å²) in [6.45, 7) is 2.53. The highest BCUT2D eigenvalue weighted by atomic mass is 14.7. The Balaban J connectivity index is 1.58. The highest BCUT2D eigenvalue weighted by molar-refractivity contribution is 5.25. The van der Waals surface area contributed by atoms with E-state index in [1.807, 2.05) is 0 Å². The molecule has 0 aromatic heterocycles. The van der Waals surface area contributed by atoms with Crippen LogP contribution in [-0.2, 0) is 0 Å². The summed E-state index contributed by atoms with van der Waals surface area (Å²) < 4.78 is 0. The molecule has 0 heterocycles. The van der Waals surface area contributed by atoms with Gasteiger partial charge in [-0.15, -0.1) is 0 Å². The Hall–Kier alpha value is -0.260. The standard InChI is InChI=1S/C15H20/c1-7-4-10-6-11(7)15-13-9-3-2-8(5-9)12(13)14(10)15/h2-3,7-15H,4-6H2,1H3. The fourth-order valence-corrected chi connectivity index (χ4v) is 6.73. The van der Waals surface area contributed by atoms with Crippen LogP contribution >= 0.6 is 0 Å². The molecule has 4 bridgehead atoms. The van der Waals surface area contributed by atoms with E-state index in [1.165, 1.54) is 18.3 Å². The van der Waals surface area contributed by atoms with Gasteiger partial charge in [-0.2, -0.15) is 0 Å². The second-order valence-electron chi connectivity index (χ2n) is 7.13. The zero-order valence-electron chi connectivity index (χ0n) is 9.47. The van der Waals surface area contributed by atoms with Crippen molar-refractivity contribution in [1.29, 1.82) is 0 Å².